The molecule has 2 rings (SSSR count). The molecule has 1 aliphatic heterocycles. The van der Waals surface area contributed by atoms with Gasteiger partial charge in [0, 0.05) is 36.6 Å². The number of nitrogens with zero attached hydrogens (tertiary/aromatic N) is 2. The molecule has 0 bridgehead atoms. The molecule has 1 fully saturated rings. The van der Waals surface area contributed by atoms with Crippen molar-refractivity contribution in [3.8, 4) is 0 Å². The number of ether oxygens (including phenoxy) is 1. The van der Waals surface area contributed by atoms with Gasteiger partial charge in [0.2, 0.25) is 0 Å². The number of hydrogen-bond acceptors (Lipinski definition) is 5. The van der Waals surface area contributed by atoms with Crippen molar-refractivity contribution in [2.75, 3.05) is 19.7 Å². The Balaban J connectivity index is 2.03. The van der Waals surface area contributed by atoms with Crippen LogP contribution in [0.5, 0.6) is 0 Å². The zero-order chi connectivity index (χ0) is 14.7. The maximum absolute atomic E-state index is 5.92. The summed E-state index contributed by atoms with van der Waals surface area (Å²) in [5, 5.41) is 4.60. The van der Waals surface area contributed by atoms with Crippen LogP contribution in [0, 0.1) is 6.92 Å². The maximum Gasteiger partial charge on any atom is 0.123 e. The molecule has 0 radical (unpaired) electrons. The van der Waals surface area contributed by atoms with Crippen molar-refractivity contribution in [2.24, 2.45) is 0 Å². The lowest BCUT2D eigenvalue weighted by Gasteiger charge is -2.34. The lowest BCUT2D eigenvalue weighted by molar-refractivity contribution is -0.0403. The van der Waals surface area contributed by atoms with Crippen LogP contribution in [0.15, 0.2) is 0 Å². The zero-order valence-corrected chi connectivity index (χ0v) is 14.1. The van der Waals surface area contributed by atoms with Gasteiger partial charge in [0.15, 0.2) is 0 Å². The van der Waals surface area contributed by atoms with Crippen LogP contribution >= 0.6 is 11.3 Å². The van der Waals surface area contributed by atoms with Crippen LogP contribution in [0.1, 0.15) is 49.4 Å². The predicted molar refractivity (Wildman–Crippen MR) is 84.2 cm³/mol. The fourth-order valence-corrected chi connectivity index (χ4v) is 3.39. The molecule has 1 saturated heterocycles. The lowest BCUT2D eigenvalue weighted by Crippen LogP contribution is -2.42. The summed E-state index contributed by atoms with van der Waals surface area (Å²) < 4.78 is 5.92. The smallest absolute Gasteiger partial charge is 0.123 e. The first-order valence-electron chi connectivity index (χ1n) is 7.52. The summed E-state index contributed by atoms with van der Waals surface area (Å²) in [7, 11) is 0. The van der Waals surface area contributed by atoms with Crippen molar-refractivity contribution in [2.45, 2.75) is 59.4 Å². The summed E-state index contributed by atoms with van der Waals surface area (Å²) >= 11 is 1.80. The highest BCUT2D eigenvalue weighted by molar-refractivity contribution is 7.11. The number of aryl methyl sites for hydroxylation is 1. The molecule has 0 spiro atoms. The highest BCUT2D eigenvalue weighted by Crippen LogP contribution is 2.29. The lowest BCUT2D eigenvalue weighted by atomic mass is 10.2. The molecule has 0 saturated carbocycles. The average Bonchev–Trinajstić information content (AvgIpc) is 2.78. The zero-order valence-electron chi connectivity index (χ0n) is 13.3. The normalized spacial score (nSPS) is 21.1. The van der Waals surface area contributed by atoms with Gasteiger partial charge >= 0.3 is 0 Å². The van der Waals surface area contributed by atoms with E-state index in [4.69, 9.17) is 9.72 Å². The van der Waals surface area contributed by atoms with Crippen LogP contribution in [0.2, 0.25) is 0 Å². The quantitative estimate of drug-likeness (QED) is 0.907. The van der Waals surface area contributed by atoms with Crippen molar-refractivity contribution in [1.29, 1.82) is 0 Å². The molecular formula is C15H27N3OS. The maximum atomic E-state index is 5.92. The van der Waals surface area contributed by atoms with Crippen LogP contribution in [-0.4, -0.2) is 41.7 Å². The highest BCUT2D eigenvalue weighted by atomic mass is 32.1. The third-order valence-corrected chi connectivity index (χ3v) is 4.93. The second-order valence-electron chi connectivity index (χ2n) is 6.04. The fourth-order valence-electron chi connectivity index (χ4n) is 2.34. The third kappa shape index (κ3) is 4.01. The van der Waals surface area contributed by atoms with Gasteiger partial charge in [0.05, 0.1) is 12.3 Å². The van der Waals surface area contributed by atoms with Crippen LogP contribution in [-0.2, 0) is 11.3 Å². The number of aromatic nitrogens is 1. The molecule has 20 heavy (non-hydrogen) atoms. The summed E-state index contributed by atoms with van der Waals surface area (Å²) in [5.74, 6) is 0. The van der Waals surface area contributed by atoms with Crippen LogP contribution in [0.25, 0.3) is 0 Å². The minimum atomic E-state index is 0.141. The van der Waals surface area contributed by atoms with E-state index >= 15 is 0 Å². The van der Waals surface area contributed by atoms with Crippen molar-refractivity contribution < 1.29 is 4.74 Å². The van der Waals surface area contributed by atoms with E-state index in [-0.39, 0.29) is 6.10 Å². The standard InChI is InChI=1S/C15H27N3OS/c1-10(2)16-8-14-12(5)17-15(20-14)13-9-18(11(3)4)6-7-19-13/h10-11,13,16H,6-9H2,1-5H3. The highest BCUT2D eigenvalue weighted by Gasteiger charge is 2.26. The molecule has 0 aliphatic carbocycles. The molecule has 1 unspecified atom stereocenters. The molecule has 1 aromatic rings. The minimum absolute atomic E-state index is 0.141. The largest absolute Gasteiger partial charge is 0.368 e. The van der Waals surface area contributed by atoms with Gasteiger partial charge in [-0.3, -0.25) is 4.90 Å². The van der Waals surface area contributed by atoms with Crippen molar-refractivity contribution in [3.05, 3.63) is 15.6 Å². The topological polar surface area (TPSA) is 37.4 Å². The number of hydrogen-bond donors (Lipinski definition) is 1. The van der Waals surface area contributed by atoms with Gasteiger partial charge in [-0.15, -0.1) is 11.3 Å². The van der Waals surface area contributed by atoms with Crippen LogP contribution in [0.4, 0.5) is 0 Å². The molecule has 1 atom stereocenters. The van der Waals surface area contributed by atoms with Gasteiger partial charge < -0.3 is 10.1 Å². The van der Waals surface area contributed by atoms with Gasteiger partial charge in [-0.1, -0.05) is 13.8 Å². The molecule has 0 amide bonds. The van der Waals surface area contributed by atoms with Crippen molar-refractivity contribution in [3.63, 3.8) is 0 Å². The Labute approximate surface area is 126 Å². The Morgan fingerprint density at radius 3 is 2.80 bits per heavy atom. The molecule has 2 heterocycles. The predicted octanol–water partition coefficient (Wildman–Crippen LogP) is 2.73. The SMILES string of the molecule is Cc1nc(C2CN(C(C)C)CCO2)sc1CNC(C)C. The number of morpholine rings is 1. The van der Waals surface area contributed by atoms with E-state index in [0.717, 1.165) is 36.9 Å². The molecule has 4 nitrogen and oxygen atoms in total. The molecule has 114 valence electrons. The Morgan fingerprint density at radius 2 is 2.15 bits per heavy atom. The van der Waals surface area contributed by atoms with Gasteiger partial charge in [0.1, 0.15) is 11.1 Å². The summed E-state index contributed by atoms with van der Waals surface area (Å²) in [6.45, 7) is 14.6. The Morgan fingerprint density at radius 1 is 1.40 bits per heavy atom. The number of rotatable bonds is 5. The molecule has 1 N–H and O–H groups in total. The van der Waals surface area contributed by atoms with Crippen LogP contribution < -0.4 is 5.32 Å². The Bertz CT molecular complexity index is 431. The monoisotopic (exact) mass is 297 g/mol. The molecular weight excluding hydrogens is 270 g/mol. The van der Waals surface area contributed by atoms with Gasteiger partial charge in [-0.05, 0) is 20.8 Å². The van der Waals surface area contributed by atoms with Gasteiger partial charge in [-0.2, -0.15) is 0 Å². The van der Waals surface area contributed by atoms with E-state index in [1.807, 2.05) is 0 Å². The minimum Gasteiger partial charge on any atom is -0.368 e. The first-order chi connectivity index (χ1) is 9.47. The van der Waals surface area contributed by atoms with E-state index < -0.39 is 0 Å². The van der Waals surface area contributed by atoms with E-state index in [0.29, 0.717) is 12.1 Å². The van der Waals surface area contributed by atoms with Crippen molar-refractivity contribution >= 4 is 11.3 Å². The molecule has 5 heteroatoms. The van der Waals surface area contributed by atoms with Crippen molar-refractivity contribution in [1.82, 2.24) is 15.2 Å². The first kappa shape index (κ1) is 15.9. The number of nitrogens with one attached hydrogen (secondary N) is 1. The van der Waals surface area contributed by atoms with E-state index in [1.165, 1.54) is 4.88 Å². The Kier molecular flexibility index (Phi) is 5.55. The summed E-state index contributed by atoms with van der Waals surface area (Å²) in [6, 6.07) is 1.08. The second-order valence-corrected chi connectivity index (χ2v) is 7.16. The molecule has 1 aliphatic rings. The average molecular weight is 297 g/mol. The third-order valence-electron chi connectivity index (χ3n) is 3.68. The summed E-state index contributed by atoms with van der Waals surface area (Å²) in [4.78, 5) is 8.53. The van der Waals surface area contributed by atoms with Gasteiger partial charge in [-0.25, -0.2) is 4.98 Å². The summed E-state index contributed by atoms with van der Waals surface area (Å²) in [5.41, 5.74) is 1.14. The number of thiazole rings is 1. The summed E-state index contributed by atoms with van der Waals surface area (Å²) in [6.07, 6.45) is 0.141. The van der Waals surface area contributed by atoms with Gasteiger partial charge in [0.25, 0.3) is 0 Å². The van der Waals surface area contributed by atoms with E-state index in [2.05, 4.69) is 44.8 Å². The fraction of sp³-hybridized carbons (Fsp3) is 0.800. The molecule has 1 aromatic heterocycles. The van der Waals surface area contributed by atoms with Crippen LogP contribution in [0.3, 0.4) is 0 Å². The Hall–Kier alpha value is -0.490. The van der Waals surface area contributed by atoms with E-state index in [1.54, 1.807) is 11.3 Å². The van der Waals surface area contributed by atoms with E-state index in [9.17, 15) is 0 Å². The molecule has 0 aromatic carbocycles. The first-order valence-corrected chi connectivity index (χ1v) is 8.34. The second kappa shape index (κ2) is 6.98.